The molecule has 1 saturated heterocycles. The fourth-order valence-corrected chi connectivity index (χ4v) is 2.72. The molecule has 0 aliphatic carbocycles. The molecule has 4 heteroatoms. The molecule has 20 heavy (non-hydrogen) atoms. The molecule has 4 nitrogen and oxygen atoms in total. The lowest BCUT2D eigenvalue weighted by Gasteiger charge is -2.41. The topological polar surface area (TPSA) is 47.6 Å². The van der Waals surface area contributed by atoms with E-state index in [0.717, 1.165) is 32.3 Å². The van der Waals surface area contributed by atoms with Gasteiger partial charge in [0, 0.05) is 12.6 Å². The second-order valence-electron chi connectivity index (χ2n) is 6.85. The molecular weight excluding hydrogens is 254 g/mol. The Morgan fingerprint density at radius 1 is 1.40 bits per heavy atom. The van der Waals surface area contributed by atoms with Gasteiger partial charge in [0.05, 0.1) is 5.60 Å². The van der Waals surface area contributed by atoms with Crippen LogP contribution in [0, 0.1) is 0 Å². The first kappa shape index (κ1) is 17.4. The summed E-state index contributed by atoms with van der Waals surface area (Å²) >= 11 is 0. The Labute approximate surface area is 123 Å². The summed E-state index contributed by atoms with van der Waals surface area (Å²) in [7, 11) is 0. The minimum absolute atomic E-state index is 0.0242. The van der Waals surface area contributed by atoms with Gasteiger partial charge in [-0.25, -0.2) is 0 Å². The molecule has 1 rings (SSSR count). The zero-order chi connectivity index (χ0) is 15.4. The molecule has 0 amide bonds. The highest BCUT2D eigenvalue weighted by molar-refractivity contribution is 5.75. The lowest BCUT2D eigenvalue weighted by molar-refractivity contribution is -0.158. The summed E-state index contributed by atoms with van der Waals surface area (Å²) < 4.78 is 11.4. The molecule has 0 aromatic heterocycles. The van der Waals surface area contributed by atoms with Gasteiger partial charge < -0.3 is 14.8 Å². The average Bonchev–Trinajstić information content (AvgIpc) is 2.36. The van der Waals surface area contributed by atoms with Crippen LogP contribution in [-0.4, -0.2) is 35.9 Å². The fourth-order valence-electron chi connectivity index (χ4n) is 2.72. The van der Waals surface area contributed by atoms with Gasteiger partial charge in [-0.1, -0.05) is 13.8 Å². The lowest BCUT2D eigenvalue weighted by atomic mass is 9.85. The molecule has 1 N–H and O–H groups in total. The van der Waals surface area contributed by atoms with Gasteiger partial charge in [0.2, 0.25) is 0 Å². The SMILES string of the molecule is CCC1(CC)CC(NC(C)C(=O)OC(C)(C)C)CCO1. The van der Waals surface area contributed by atoms with Crippen LogP contribution in [0.5, 0.6) is 0 Å². The number of hydrogen-bond acceptors (Lipinski definition) is 4. The largest absolute Gasteiger partial charge is 0.459 e. The molecule has 1 aliphatic heterocycles. The maximum atomic E-state index is 12.0. The fraction of sp³-hybridized carbons (Fsp3) is 0.938. The Balaban J connectivity index is 2.53. The van der Waals surface area contributed by atoms with Crippen molar-refractivity contribution in [1.82, 2.24) is 5.32 Å². The molecule has 1 heterocycles. The summed E-state index contributed by atoms with van der Waals surface area (Å²) in [4.78, 5) is 12.0. The maximum Gasteiger partial charge on any atom is 0.323 e. The Morgan fingerprint density at radius 3 is 2.50 bits per heavy atom. The summed E-state index contributed by atoms with van der Waals surface area (Å²) in [6.45, 7) is 12.7. The van der Waals surface area contributed by atoms with E-state index in [1.165, 1.54) is 0 Å². The average molecular weight is 285 g/mol. The van der Waals surface area contributed by atoms with Crippen molar-refractivity contribution >= 4 is 5.97 Å². The maximum absolute atomic E-state index is 12.0. The standard InChI is InChI=1S/C16H31NO3/c1-7-16(8-2)11-13(9-10-19-16)17-12(3)14(18)20-15(4,5)6/h12-13,17H,7-11H2,1-6H3. The summed E-state index contributed by atoms with van der Waals surface area (Å²) in [5, 5.41) is 3.41. The van der Waals surface area contributed by atoms with Gasteiger partial charge >= 0.3 is 5.97 Å². The van der Waals surface area contributed by atoms with Crippen LogP contribution in [0.3, 0.4) is 0 Å². The minimum atomic E-state index is -0.431. The summed E-state index contributed by atoms with van der Waals surface area (Å²) in [6.07, 6.45) is 3.95. The van der Waals surface area contributed by atoms with Crippen LogP contribution in [0.25, 0.3) is 0 Å². The molecule has 2 atom stereocenters. The van der Waals surface area contributed by atoms with Gasteiger partial charge in [-0.2, -0.15) is 0 Å². The summed E-state index contributed by atoms with van der Waals surface area (Å²) in [5.41, 5.74) is -0.455. The molecule has 1 fully saturated rings. The van der Waals surface area contributed by atoms with Crippen molar-refractivity contribution in [1.29, 1.82) is 0 Å². The van der Waals surface area contributed by atoms with Crippen LogP contribution >= 0.6 is 0 Å². The van der Waals surface area contributed by atoms with Crippen molar-refractivity contribution in [3.05, 3.63) is 0 Å². The number of nitrogens with one attached hydrogen (secondary N) is 1. The second kappa shape index (κ2) is 6.90. The quantitative estimate of drug-likeness (QED) is 0.789. The Kier molecular flexibility index (Phi) is 6.02. The van der Waals surface area contributed by atoms with Crippen molar-refractivity contribution < 1.29 is 14.3 Å². The molecule has 0 radical (unpaired) electrons. The number of ether oxygens (including phenoxy) is 2. The van der Waals surface area contributed by atoms with E-state index in [2.05, 4.69) is 19.2 Å². The van der Waals surface area contributed by atoms with Gasteiger partial charge in [0.15, 0.2) is 0 Å². The van der Waals surface area contributed by atoms with Crippen molar-refractivity contribution in [2.45, 2.75) is 90.5 Å². The predicted molar refractivity (Wildman–Crippen MR) is 80.7 cm³/mol. The highest BCUT2D eigenvalue weighted by atomic mass is 16.6. The Hall–Kier alpha value is -0.610. The molecule has 0 saturated carbocycles. The first-order valence-electron chi connectivity index (χ1n) is 7.84. The van der Waals surface area contributed by atoms with Gasteiger partial charge in [0.25, 0.3) is 0 Å². The molecule has 0 aromatic rings. The van der Waals surface area contributed by atoms with Gasteiger partial charge in [-0.15, -0.1) is 0 Å². The van der Waals surface area contributed by atoms with E-state index in [-0.39, 0.29) is 17.6 Å². The van der Waals surface area contributed by atoms with Crippen molar-refractivity contribution in [3.8, 4) is 0 Å². The Bertz CT molecular complexity index is 318. The summed E-state index contributed by atoms with van der Waals surface area (Å²) in [6, 6.07) is 0.0508. The molecule has 118 valence electrons. The van der Waals surface area contributed by atoms with Crippen LogP contribution in [-0.2, 0) is 14.3 Å². The smallest absolute Gasteiger partial charge is 0.323 e. The van der Waals surface area contributed by atoms with Gasteiger partial charge in [0.1, 0.15) is 11.6 Å². The number of carbonyl (C=O) groups is 1. The van der Waals surface area contributed by atoms with Crippen molar-refractivity contribution in [2.24, 2.45) is 0 Å². The van der Waals surface area contributed by atoms with E-state index in [0.29, 0.717) is 6.04 Å². The third kappa shape index (κ3) is 5.06. The zero-order valence-electron chi connectivity index (χ0n) is 13.9. The number of rotatable bonds is 5. The van der Waals surface area contributed by atoms with E-state index < -0.39 is 5.60 Å². The normalized spacial score (nSPS) is 24.2. The lowest BCUT2D eigenvalue weighted by Crippen LogP contribution is -2.51. The van der Waals surface area contributed by atoms with Crippen molar-refractivity contribution in [2.75, 3.05) is 6.61 Å². The van der Waals surface area contributed by atoms with Crippen LogP contribution in [0.15, 0.2) is 0 Å². The summed E-state index contributed by atoms with van der Waals surface area (Å²) in [5.74, 6) is -0.178. The molecule has 0 aromatic carbocycles. The number of carbonyl (C=O) groups excluding carboxylic acids is 1. The van der Waals surface area contributed by atoms with Gasteiger partial charge in [-0.05, 0) is 53.4 Å². The van der Waals surface area contributed by atoms with E-state index in [1.807, 2.05) is 27.7 Å². The molecule has 1 aliphatic rings. The third-order valence-electron chi connectivity index (χ3n) is 4.03. The number of esters is 1. The molecule has 2 unspecified atom stereocenters. The van der Waals surface area contributed by atoms with E-state index in [9.17, 15) is 4.79 Å². The van der Waals surface area contributed by atoms with Gasteiger partial charge in [-0.3, -0.25) is 4.79 Å². The Morgan fingerprint density at radius 2 is 2.00 bits per heavy atom. The van der Waals surface area contributed by atoms with Crippen LogP contribution < -0.4 is 5.32 Å². The minimum Gasteiger partial charge on any atom is -0.459 e. The second-order valence-corrected chi connectivity index (χ2v) is 6.85. The third-order valence-corrected chi connectivity index (χ3v) is 4.03. The van der Waals surface area contributed by atoms with Crippen LogP contribution in [0.4, 0.5) is 0 Å². The van der Waals surface area contributed by atoms with Crippen LogP contribution in [0.2, 0.25) is 0 Å². The molecule has 0 spiro atoms. The van der Waals surface area contributed by atoms with Crippen molar-refractivity contribution in [3.63, 3.8) is 0 Å². The zero-order valence-corrected chi connectivity index (χ0v) is 13.9. The number of hydrogen-bond donors (Lipinski definition) is 1. The van der Waals surface area contributed by atoms with E-state index >= 15 is 0 Å². The highest BCUT2D eigenvalue weighted by Crippen LogP contribution is 2.31. The first-order chi connectivity index (χ1) is 9.21. The van der Waals surface area contributed by atoms with E-state index in [1.54, 1.807) is 0 Å². The van der Waals surface area contributed by atoms with Crippen LogP contribution in [0.1, 0.15) is 67.2 Å². The monoisotopic (exact) mass is 285 g/mol. The molecular formula is C16H31NO3. The first-order valence-corrected chi connectivity index (χ1v) is 7.84. The highest BCUT2D eigenvalue weighted by Gasteiger charge is 2.35. The molecule has 0 bridgehead atoms. The predicted octanol–water partition coefficient (Wildman–Crippen LogP) is 3.04. The van der Waals surface area contributed by atoms with E-state index in [4.69, 9.17) is 9.47 Å².